The van der Waals surface area contributed by atoms with E-state index in [0.717, 1.165) is 68.9 Å². The highest BCUT2D eigenvalue weighted by Crippen LogP contribution is 2.27. The maximum Gasteiger partial charge on any atom is 0.222 e. The SMILES string of the molecule is Nc1nc2c(c(N3CCC[C@@H](OCc4cccnc4)C3)n1)CCNCC2. The Labute approximate surface area is 154 Å². The van der Waals surface area contributed by atoms with Crippen LogP contribution < -0.4 is 16.0 Å². The molecule has 4 heterocycles. The molecule has 0 amide bonds. The second-order valence-electron chi connectivity index (χ2n) is 6.96. The van der Waals surface area contributed by atoms with Crippen LogP contribution in [0.3, 0.4) is 0 Å². The van der Waals surface area contributed by atoms with Crippen molar-refractivity contribution in [1.29, 1.82) is 0 Å². The van der Waals surface area contributed by atoms with Gasteiger partial charge in [-0.05, 0) is 37.4 Å². The molecule has 2 aromatic rings. The maximum absolute atomic E-state index is 6.15. The minimum absolute atomic E-state index is 0.194. The summed E-state index contributed by atoms with van der Waals surface area (Å²) in [6, 6.07) is 3.99. The predicted octanol–water partition coefficient (Wildman–Crippen LogP) is 1.33. The van der Waals surface area contributed by atoms with E-state index in [-0.39, 0.29) is 6.10 Å². The van der Waals surface area contributed by atoms with Crippen molar-refractivity contribution in [1.82, 2.24) is 20.3 Å². The van der Waals surface area contributed by atoms with Gasteiger partial charge in [0.25, 0.3) is 0 Å². The van der Waals surface area contributed by atoms with Crippen molar-refractivity contribution in [3.8, 4) is 0 Å². The van der Waals surface area contributed by atoms with E-state index < -0.39 is 0 Å². The van der Waals surface area contributed by atoms with Crippen LogP contribution in [-0.2, 0) is 24.2 Å². The molecule has 4 rings (SSSR count). The summed E-state index contributed by atoms with van der Waals surface area (Å²) >= 11 is 0. The van der Waals surface area contributed by atoms with Crippen LogP contribution in [0.15, 0.2) is 24.5 Å². The summed E-state index contributed by atoms with van der Waals surface area (Å²) in [7, 11) is 0. The van der Waals surface area contributed by atoms with Crippen molar-refractivity contribution < 1.29 is 4.74 Å². The number of rotatable bonds is 4. The Hall–Kier alpha value is -2.25. The highest BCUT2D eigenvalue weighted by Gasteiger charge is 2.26. The van der Waals surface area contributed by atoms with E-state index >= 15 is 0 Å². The number of piperidine rings is 1. The number of fused-ring (bicyclic) bond motifs is 1. The van der Waals surface area contributed by atoms with Crippen LogP contribution in [0, 0.1) is 0 Å². The third-order valence-electron chi connectivity index (χ3n) is 5.06. The Balaban J connectivity index is 1.48. The number of nitrogens with two attached hydrogens (primary N) is 1. The predicted molar refractivity (Wildman–Crippen MR) is 101 cm³/mol. The van der Waals surface area contributed by atoms with Crippen LogP contribution in [0.1, 0.15) is 29.7 Å². The van der Waals surface area contributed by atoms with Crippen molar-refractivity contribution in [2.45, 2.75) is 38.4 Å². The second-order valence-corrected chi connectivity index (χ2v) is 6.96. The number of pyridine rings is 1. The standard InChI is InChI=1S/C19H26N6O/c20-19-23-17-6-9-21-8-5-16(17)18(24-19)25-10-2-4-15(12-25)26-13-14-3-1-7-22-11-14/h1,3,7,11,15,21H,2,4-6,8-10,12-13H2,(H2,20,23,24)/t15-/m1/s1. The van der Waals surface area contributed by atoms with Gasteiger partial charge in [-0.3, -0.25) is 4.98 Å². The molecular formula is C19H26N6O. The highest BCUT2D eigenvalue weighted by atomic mass is 16.5. The summed E-state index contributed by atoms with van der Waals surface area (Å²) in [6.07, 6.45) is 7.85. The van der Waals surface area contributed by atoms with Crippen LogP contribution in [0.25, 0.3) is 0 Å². The van der Waals surface area contributed by atoms with Crippen LogP contribution in [0.4, 0.5) is 11.8 Å². The monoisotopic (exact) mass is 354 g/mol. The molecule has 1 fully saturated rings. The summed E-state index contributed by atoms with van der Waals surface area (Å²) in [5, 5.41) is 3.43. The summed E-state index contributed by atoms with van der Waals surface area (Å²) in [6.45, 7) is 4.34. The molecule has 1 saturated heterocycles. The number of hydrogen-bond donors (Lipinski definition) is 2. The molecule has 0 radical (unpaired) electrons. The van der Waals surface area contributed by atoms with Crippen LogP contribution in [0.5, 0.6) is 0 Å². The molecule has 7 nitrogen and oxygen atoms in total. The first-order valence-electron chi connectivity index (χ1n) is 9.41. The van der Waals surface area contributed by atoms with Gasteiger partial charge in [0.2, 0.25) is 5.95 Å². The molecule has 1 atom stereocenters. The third-order valence-corrected chi connectivity index (χ3v) is 5.06. The minimum atomic E-state index is 0.194. The van der Waals surface area contributed by atoms with E-state index in [1.165, 1.54) is 5.56 Å². The van der Waals surface area contributed by atoms with Gasteiger partial charge in [-0.2, -0.15) is 4.98 Å². The average Bonchev–Trinajstić information content (AvgIpc) is 2.92. The molecule has 0 unspecified atom stereocenters. The number of aromatic nitrogens is 3. The first kappa shape index (κ1) is 17.2. The average molecular weight is 354 g/mol. The number of anilines is 2. The van der Waals surface area contributed by atoms with Gasteiger partial charge in [-0.1, -0.05) is 6.07 Å². The number of nitrogen functional groups attached to an aromatic ring is 1. The lowest BCUT2D eigenvalue weighted by Gasteiger charge is -2.34. The Morgan fingerprint density at radius 1 is 1.27 bits per heavy atom. The third kappa shape index (κ3) is 3.94. The van der Waals surface area contributed by atoms with Crippen molar-refractivity contribution >= 4 is 11.8 Å². The van der Waals surface area contributed by atoms with Gasteiger partial charge in [-0.15, -0.1) is 0 Å². The maximum atomic E-state index is 6.15. The molecule has 0 aliphatic carbocycles. The lowest BCUT2D eigenvalue weighted by Crippen LogP contribution is -2.41. The summed E-state index contributed by atoms with van der Waals surface area (Å²) in [5.41, 5.74) is 9.45. The second kappa shape index (κ2) is 7.97. The summed E-state index contributed by atoms with van der Waals surface area (Å²) in [5.74, 6) is 1.38. The van der Waals surface area contributed by atoms with Gasteiger partial charge in [0.1, 0.15) is 5.82 Å². The fourth-order valence-electron chi connectivity index (χ4n) is 3.77. The zero-order chi connectivity index (χ0) is 17.8. The van der Waals surface area contributed by atoms with Crippen molar-refractivity contribution in [3.05, 3.63) is 41.3 Å². The molecule has 26 heavy (non-hydrogen) atoms. The van der Waals surface area contributed by atoms with Gasteiger partial charge in [0.15, 0.2) is 0 Å². The Morgan fingerprint density at radius 2 is 2.19 bits per heavy atom. The van der Waals surface area contributed by atoms with Gasteiger partial charge >= 0.3 is 0 Å². The minimum Gasteiger partial charge on any atom is -0.372 e. The van der Waals surface area contributed by atoms with E-state index in [4.69, 9.17) is 10.5 Å². The fraction of sp³-hybridized carbons (Fsp3) is 0.526. The Kier molecular flexibility index (Phi) is 5.26. The summed E-state index contributed by atoms with van der Waals surface area (Å²) in [4.78, 5) is 15.6. The lowest BCUT2D eigenvalue weighted by atomic mass is 10.0. The number of ether oxygens (including phenoxy) is 1. The van der Waals surface area contributed by atoms with Crippen LogP contribution in [0.2, 0.25) is 0 Å². The first-order chi connectivity index (χ1) is 12.8. The number of nitrogens with zero attached hydrogens (tertiary/aromatic N) is 4. The quantitative estimate of drug-likeness (QED) is 0.856. The highest BCUT2D eigenvalue weighted by molar-refractivity contribution is 5.53. The summed E-state index contributed by atoms with van der Waals surface area (Å²) < 4.78 is 6.15. The fourth-order valence-corrected chi connectivity index (χ4v) is 3.77. The van der Waals surface area contributed by atoms with Crippen LogP contribution >= 0.6 is 0 Å². The Bertz CT molecular complexity index is 738. The molecule has 0 aromatic carbocycles. The topological polar surface area (TPSA) is 89.2 Å². The van der Waals surface area contributed by atoms with Gasteiger partial charge in [-0.25, -0.2) is 4.98 Å². The van der Waals surface area contributed by atoms with E-state index in [9.17, 15) is 0 Å². The zero-order valence-electron chi connectivity index (χ0n) is 15.0. The molecule has 0 saturated carbocycles. The molecule has 2 aromatic heterocycles. The molecule has 0 bridgehead atoms. The smallest absolute Gasteiger partial charge is 0.222 e. The number of hydrogen-bond acceptors (Lipinski definition) is 7. The van der Waals surface area contributed by atoms with Gasteiger partial charge in [0.05, 0.1) is 18.4 Å². The van der Waals surface area contributed by atoms with Crippen molar-refractivity contribution in [2.75, 3.05) is 36.8 Å². The lowest BCUT2D eigenvalue weighted by molar-refractivity contribution is 0.0313. The van der Waals surface area contributed by atoms with E-state index in [1.54, 1.807) is 6.20 Å². The van der Waals surface area contributed by atoms with Crippen molar-refractivity contribution in [2.24, 2.45) is 0 Å². The first-order valence-corrected chi connectivity index (χ1v) is 9.41. The van der Waals surface area contributed by atoms with Crippen molar-refractivity contribution in [3.63, 3.8) is 0 Å². The molecule has 138 valence electrons. The zero-order valence-corrected chi connectivity index (χ0v) is 15.0. The molecule has 2 aliphatic heterocycles. The van der Waals surface area contributed by atoms with Crippen LogP contribution in [-0.4, -0.2) is 47.2 Å². The molecule has 0 spiro atoms. The van der Waals surface area contributed by atoms with Gasteiger partial charge in [0, 0.05) is 44.0 Å². The normalized spacial score (nSPS) is 20.5. The Morgan fingerprint density at radius 3 is 3.08 bits per heavy atom. The van der Waals surface area contributed by atoms with E-state index in [0.29, 0.717) is 12.6 Å². The van der Waals surface area contributed by atoms with Gasteiger partial charge < -0.3 is 20.7 Å². The van der Waals surface area contributed by atoms with E-state index in [1.807, 2.05) is 18.3 Å². The molecular weight excluding hydrogens is 328 g/mol. The molecule has 7 heteroatoms. The molecule has 3 N–H and O–H groups in total. The van der Waals surface area contributed by atoms with E-state index in [2.05, 4.69) is 25.2 Å². The largest absolute Gasteiger partial charge is 0.372 e. The molecule has 2 aliphatic rings. The number of nitrogens with one attached hydrogen (secondary N) is 1.